The predicted octanol–water partition coefficient (Wildman–Crippen LogP) is 1.16. The van der Waals surface area contributed by atoms with Crippen LogP contribution in [0.25, 0.3) is 0 Å². The highest BCUT2D eigenvalue weighted by Gasteiger charge is 2.24. The zero-order valence-corrected chi connectivity index (χ0v) is 12.5. The summed E-state index contributed by atoms with van der Waals surface area (Å²) in [7, 11) is 3.27. The summed E-state index contributed by atoms with van der Waals surface area (Å²) in [6.45, 7) is 1.72. The van der Waals surface area contributed by atoms with Crippen LogP contribution >= 0.6 is 0 Å². The Kier molecular flexibility index (Phi) is 5.37. The summed E-state index contributed by atoms with van der Waals surface area (Å²) in [6.07, 6.45) is 2.48. The molecule has 9 nitrogen and oxygen atoms in total. The van der Waals surface area contributed by atoms with Gasteiger partial charge in [0.05, 0.1) is 12.2 Å². The summed E-state index contributed by atoms with van der Waals surface area (Å²) in [5.41, 5.74) is 0.852. The second-order valence-corrected chi connectivity index (χ2v) is 4.68. The van der Waals surface area contributed by atoms with Crippen molar-refractivity contribution in [3.05, 3.63) is 40.2 Å². The summed E-state index contributed by atoms with van der Waals surface area (Å²) >= 11 is 0. The summed E-state index contributed by atoms with van der Waals surface area (Å²) in [5.74, 6) is 0.0312. The molecular formula is C13H18N6O3. The average Bonchev–Trinajstić information content (AvgIpc) is 2.90. The van der Waals surface area contributed by atoms with Gasteiger partial charge in [0.1, 0.15) is 0 Å². The Balaban J connectivity index is 2.21. The van der Waals surface area contributed by atoms with Crippen LogP contribution in [0.5, 0.6) is 0 Å². The average molecular weight is 306 g/mol. The van der Waals surface area contributed by atoms with Gasteiger partial charge in [0.25, 0.3) is 0 Å². The van der Waals surface area contributed by atoms with Crippen LogP contribution in [0.4, 0.5) is 11.9 Å². The van der Waals surface area contributed by atoms with Gasteiger partial charge in [-0.15, -0.1) is 0 Å². The molecule has 0 amide bonds. The van der Waals surface area contributed by atoms with E-state index >= 15 is 0 Å². The fraction of sp³-hybridized carbons (Fsp3) is 0.462. The van der Waals surface area contributed by atoms with Crippen LogP contribution in [-0.2, 0) is 18.3 Å². The molecule has 0 aliphatic rings. The van der Waals surface area contributed by atoms with Crippen LogP contribution < -0.4 is 4.90 Å². The zero-order valence-electron chi connectivity index (χ0n) is 12.5. The van der Waals surface area contributed by atoms with Crippen molar-refractivity contribution in [1.29, 1.82) is 0 Å². The lowest BCUT2D eigenvalue weighted by Crippen LogP contribution is -2.28. The molecule has 0 aromatic carbocycles. The van der Waals surface area contributed by atoms with Crippen molar-refractivity contribution in [2.75, 3.05) is 25.2 Å². The van der Waals surface area contributed by atoms with Crippen molar-refractivity contribution in [1.82, 2.24) is 19.7 Å². The number of nitrogens with zero attached hydrogens (tertiary/aromatic N) is 6. The maximum absolute atomic E-state index is 10.8. The van der Waals surface area contributed by atoms with Gasteiger partial charge in [0.2, 0.25) is 0 Å². The number of aromatic nitrogens is 4. The first-order valence-electron chi connectivity index (χ1n) is 6.81. The van der Waals surface area contributed by atoms with Crippen LogP contribution in [0.2, 0.25) is 0 Å². The van der Waals surface area contributed by atoms with Crippen LogP contribution in [0, 0.1) is 10.1 Å². The number of anilines is 1. The van der Waals surface area contributed by atoms with Gasteiger partial charge in [-0.05, 0) is 28.5 Å². The zero-order chi connectivity index (χ0) is 15.9. The van der Waals surface area contributed by atoms with Crippen molar-refractivity contribution >= 4 is 11.9 Å². The molecule has 0 spiro atoms. The molecule has 2 aromatic heterocycles. The van der Waals surface area contributed by atoms with Gasteiger partial charge in [0, 0.05) is 38.6 Å². The number of ether oxygens (including phenoxy) is 1. The molecule has 0 aliphatic carbocycles. The highest BCUT2D eigenvalue weighted by molar-refractivity contribution is 5.34. The lowest BCUT2D eigenvalue weighted by Gasteiger charge is -2.19. The Morgan fingerprint density at radius 2 is 2.27 bits per heavy atom. The molecule has 0 bridgehead atoms. The molecule has 2 rings (SSSR count). The Morgan fingerprint density at radius 3 is 2.86 bits per heavy atom. The largest absolute Gasteiger partial charge is 0.493 e. The van der Waals surface area contributed by atoms with Crippen LogP contribution in [0.3, 0.4) is 0 Å². The minimum absolute atomic E-state index is 0.407. The van der Waals surface area contributed by atoms with Crippen LogP contribution in [-0.4, -0.2) is 44.9 Å². The van der Waals surface area contributed by atoms with E-state index in [4.69, 9.17) is 4.74 Å². The molecule has 2 aromatic rings. The Hall–Kier alpha value is -2.55. The monoisotopic (exact) mass is 306 g/mol. The molecule has 0 fully saturated rings. The lowest BCUT2D eigenvalue weighted by molar-refractivity contribution is -0.394. The molecule has 2 heterocycles. The third kappa shape index (κ3) is 3.98. The van der Waals surface area contributed by atoms with Crippen molar-refractivity contribution in [2.45, 2.75) is 13.0 Å². The Morgan fingerprint density at radius 1 is 1.45 bits per heavy atom. The van der Waals surface area contributed by atoms with E-state index in [0.29, 0.717) is 25.6 Å². The fourth-order valence-electron chi connectivity index (χ4n) is 2.05. The SMILES string of the molecule is COCCCN(Cc1ccccn1)c1nc([N+](=O)[O-])nn1C. The summed E-state index contributed by atoms with van der Waals surface area (Å²) < 4.78 is 6.47. The van der Waals surface area contributed by atoms with E-state index in [1.54, 1.807) is 20.4 Å². The number of hydrogen-bond donors (Lipinski definition) is 0. The third-order valence-electron chi connectivity index (χ3n) is 3.03. The molecule has 9 heteroatoms. The first kappa shape index (κ1) is 15.8. The van der Waals surface area contributed by atoms with E-state index in [1.165, 1.54) is 4.68 Å². The number of hydrogen-bond acceptors (Lipinski definition) is 7. The van der Waals surface area contributed by atoms with E-state index in [0.717, 1.165) is 12.1 Å². The Labute approximate surface area is 127 Å². The maximum Gasteiger partial charge on any atom is 0.493 e. The molecule has 0 unspecified atom stereocenters. The van der Waals surface area contributed by atoms with E-state index in [9.17, 15) is 10.1 Å². The molecule has 0 N–H and O–H groups in total. The molecule has 118 valence electrons. The highest BCUT2D eigenvalue weighted by Crippen LogP contribution is 2.17. The minimum Gasteiger partial charge on any atom is -0.390 e. The highest BCUT2D eigenvalue weighted by atomic mass is 16.6. The first-order valence-corrected chi connectivity index (χ1v) is 6.81. The summed E-state index contributed by atoms with van der Waals surface area (Å²) in [6, 6.07) is 5.63. The minimum atomic E-state index is -0.600. The quantitative estimate of drug-likeness (QED) is 0.410. The van der Waals surface area contributed by atoms with Crippen molar-refractivity contribution in [3.63, 3.8) is 0 Å². The van der Waals surface area contributed by atoms with Gasteiger partial charge in [-0.1, -0.05) is 6.07 Å². The number of pyridine rings is 1. The van der Waals surface area contributed by atoms with Crippen LogP contribution in [0.15, 0.2) is 24.4 Å². The topological polar surface area (TPSA) is 99.2 Å². The van der Waals surface area contributed by atoms with Crippen LogP contribution in [0.1, 0.15) is 12.1 Å². The molecular weight excluding hydrogens is 288 g/mol. The van der Waals surface area contributed by atoms with E-state index in [2.05, 4.69) is 15.1 Å². The lowest BCUT2D eigenvalue weighted by atomic mass is 10.3. The van der Waals surface area contributed by atoms with E-state index in [1.807, 2.05) is 23.1 Å². The van der Waals surface area contributed by atoms with E-state index < -0.39 is 10.9 Å². The van der Waals surface area contributed by atoms with Gasteiger partial charge in [-0.3, -0.25) is 4.98 Å². The van der Waals surface area contributed by atoms with Gasteiger partial charge >= 0.3 is 11.9 Å². The maximum atomic E-state index is 10.8. The fourth-order valence-corrected chi connectivity index (χ4v) is 2.05. The Bertz CT molecular complexity index is 615. The van der Waals surface area contributed by atoms with Crippen molar-refractivity contribution < 1.29 is 9.66 Å². The predicted molar refractivity (Wildman–Crippen MR) is 79.4 cm³/mol. The molecule has 22 heavy (non-hydrogen) atoms. The van der Waals surface area contributed by atoms with Crippen molar-refractivity contribution in [3.8, 4) is 0 Å². The molecule has 0 saturated heterocycles. The second kappa shape index (κ2) is 7.46. The number of aryl methyl sites for hydroxylation is 1. The molecule has 0 aliphatic heterocycles. The summed E-state index contributed by atoms with van der Waals surface area (Å²) in [4.78, 5) is 20.4. The standard InChI is InChI=1S/C13H18N6O3/c1-17-13(15-12(16-17)19(20)21)18(8-5-9-22-2)10-11-6-3-4-7-14-11/h3-4,6-7H,5,8-10H2,1-2H3. The molecule has 0 saturated carbocycles. The third-order valence-corrected chi connectivity index (χ3v) is 3.03. The van der Waals surface area contributed by atoms with Gasteiger partial charge in [-0.25, -0.2) is 0 Å². The van der Waals surface area contributed by atoms with Crippen molar-refractivity contribution in [2.24, 2.45) is 7.05 Å². The van der Waals surface area contributed by atoms with Gasteiger partial charge in [0.15, 0.2) is 0 Å². The second-order valence-electron chi connectivity index (χ2n) is 4.68. The first-order chi connectivity index (χ1) is 10.6. The normalized spacial score (nSPS) is 10.6. The summed E-state index contributed by atoms with van der Waals surface area (Å²) in [5, 5.41) is 14.6. The van der Waals surface area contributed by atoms with Gasteiger partial charge < -0.3 is 19.8 Å². The number of methoxy groups -OCH3 is 1. The smallest absolute Gasteiger partial charge is 0.390 e. The number of rotatable bonds is 8. The molecule has 0 radical (unpaired) electrons. The molecule has 0 atom stereocenters. The van der Waals surface area contributed by atoms with E-state index in [-0.39, 0.29) is 0 Å². The number of nitro groups is 1. The van der Waals surface area contributed by atoms with Gasteiger partial charge in [-0.2, -0.15) is 4.68 Å².